The molecule has 21 heavy (non-hydrogen) atoms. The summed E-state index contributed by atoms with van der Waals surface area (Å²) in [5.41, 5.74) is 6.54. The molecule has 0 aliphatic heterocycles. The van der Waals surface area contributed by atoms with Crippen molar-refractivity contribution in [1.82, 2.24) is 0 Å². The van der Waals surface area contributed by atoms with Gasteiger partial charge in [0.2, 0.25) is 15.7 Å². The van der Waals surface area contributed by atoms with E-state index in [9.17, 15) is 13.2 Å². The molecule has 108 valence electrons. The zero-order valence-electron chi connectivity index (χ0n) is 11.1. The smallest absolute Gasteiger partial charge is 0.247 e. The van der Waals surface area contributed by atoms with Gasteiger partial charge in [-0.3, -0.25) is 4.79 Å². The molecular formula is C15H14N2O3S. The van der Waals surface area contributed by atoms with Gasteiger partial charge in [-0.05, 0) is 54.6 Å². The van der Waals surface area contributed by atoms with Gasteiger partial charge in [0, 0.05) is 11.4 Å². The van der Waals surface area contributed by atoms with Crippen LogP contribution in [0.25, 0.3) is 0 Å². The number of nitrogen functional groups attached to an aromatic ring is 1. The van der Waals surface area contributed by atoms with Crippen LogP contribution in [0.4, 0.5) is 11.4 Å². The van der Waals surface area contributed by atoms with E-state index in [0.29, 0.717) is 11.4 Å². The predicted molar refractivity (Wildman–Crippen MR) is 81.6 cm³/mol. The second-order valence-electron chi connectivity index (χ2n) is 4.29. The number of carbonyl (C=O) groups is 1. The van der Waals surface area contributed by atoms with Gasteiger partial charge < -0.3 is 11.1 Å². The fourth-order valence-corrected chi connectivity index (χ4v) is 2.95. The van der Waals surface area contributed by atoms with Crippen molar-refractivity contribution in [2.24, 2.45) is 0 Å². The number of nitrogens with two attached hydrogens (primary N) is 1. The first-order valence-electron chi connectivity index (χ1n) is 6.07. The van der Waals surface area contributed by atoms with Crippen LogP contribution in [0.2, 0.25) is 0 Å². The highest BCUT2D eigenvalue weighted by Crippen LogP contribution is 2.23. The minimum Gasteiger partial charge on any atom is -0.399 e. The van der Waals surface area contributed by atoms with Crippen LogP contribution in [0.5, 0.6) is 0 Å². The molecular weight excluding hydrogens is 288 g/mol. The molecule has 0 spiro atoms. The van der Waals surface area contributed by atoms with Gasteiger partial charge in [0.05, 0.1) is 9.79 Å². The number of hydrogen-bond acceptors (Lipinski definition) is 4. The summed E-state index contributed by atoms with van der Waals surface area (Å²) in [7, 11) is -3.59. The molecule has 5 nitrogen and oxygen atoms in total. The van der Waals surface area contributed by atoms with Crippen LogP contribution >= 0.6 is 0 Å². The molecule has 0 aromatic heterocycles. The number of sulfone groups is 1. The predicted octanol–water partition coefficient (Wildman–Crippen LogP) is 2.23. The first kappa shape index (κ1) is 14.8. The number of amides is 1. The lowest BCUT2D eigenvalue weighted by molar-refractivity contribution is -0.111. The molecule has 0 radical (unpaired) electrons. The summed E-state index contributed by atoms with van der Waals surface area (Å²) < 4.78 is 24.8. The standard InChI is InChI=1S/C15H14N2O3S/c1-2-15(18)17-12-5-9-14(10-6-12)21(19,20)13-7-3-11(16)4-8-13/h2-10H,1,16H2,(H,17,18). The Balaban J connectivity index is 2.31. The first-order chi connectivity index (χ1) is 9.93. The average Bonchev–Trinajstić information content (AvgIpc) is 2.48. The van der Waals surface area contributed by atoms with Crippen molar-refractivity contribution >= 4 is 27.1 Å². The third-order valence-corrected chi connectivity index (χ3v) is 4.59. The highest BCUT2D eigenvalue weighted by molar-refractivity contribution is 7.91. The highest BCUT2D eigenvalue weighted by Gasteiger charge is 2.17. The van der Waals surface area contributed by atoms with Gasteiger partial charge in [0.1, 0.15) is 0 Å². The molecule has 6 heteroatoms. The summed E-state index contributed by atoms with van der Waals surface area (Å²) in [6.07, 6.45) is 1.14. The number of rotatable bonds is 4. The van der Waals surface area contributed by atoms with Crippen LogP contribution < -0.4 is 11.1 Å². The van der Waals surface area contributed by atoms with E-state index in [-0.39, 0.29) is 15.7 Å². The lowest BCUT2D eigenvalue weighted by Gasteiger charge is -2.07. The van der Waals surface area contributed by atoms with Crippen molar-refractivity contribution in [2.45, 2.75) is 9.79 Å². The molecule has 0 bridgehead atoms. The van der Waals surface area contributed by atoms with Crippen LogP contribution in [0.1, 0.15) is 0 Å². The van der Waals surface area contributed by atoms with E-state index in [1.807, 2.05) is 0 Å². The molecule has 2 rings (SSSR count). The zero-order valence-corrected chi connectivity index (χ0v) is 11.9. The Labute approximate surface area is 123 Å². The second-order valence-corrected chi connectivity index (χ2v) is 6.24. The number of carbonyl (C=O) groups excluding carboxylic acids is 1. The van der Waals surface area contributed by atoms with Crippen molar-refractivity contribution in [3.05, 3.63) is 61.2 Å². The minimum atomic E-state index is -3.59. The molecule has 0 aliphatic rings. The molecule has 0 heterocycles. The van der Waals surface area contributed by atoms with Gasteiger partial charge in [0.25, 0.3) is 0 Å². The van der Waals surface area contributed by atoms with E-state index in [0.717, 1.165) is 6.08 Å². The maximum atomic E-state index is 12.4. The molecule has 3 N–H and O–H groups in total. The summed E-state index contributed by atoms with van der Waals surface area (Å²) >= 11 is 0. The van der Waals surface area contributed by atoms with Crippen molar-refractivity contribution in [1.29, 1.82) is 0 Å². The van der Waals surface area contributed by atoms with Crippen LogP contribution in [0.15, 0.2) is 71.0 Å². The van der Waals surface area contributed by atoms with E-state index < -0.39 is 9.84 Å². The second kappa shape index (κ2) is 5.80. The molecule has 0 saturated carbocycles. The Morgan fingerprint density at radius 1 is 1.00 bits per heavy atom. The molecule has 0 unspecified atom stereocenters. The molecule has 2 aromatic carbocycles. The Hall–Kier alpha value is -2.60. The topological polar surface area (TPSA) is 89.3 Å². The van der Waals surface area contributed by atoms with Crippen LogP contribution in [-0.4, -0.2) is 14.3 Å². The van der Waals surface area contributed by atoms with Gasteiger partial charge in [-0.25, -0.2) is 8.42 Å². The Morgan fingerprint density at radius 3 is 1.95 bits per heavy atom. The Kier molecular flexibility index (Phi) is 4.09. The third-order valence-electron chi connectivity index (χ3n) is 2.81. The van der Waals surface area contributed by atoms with Gasteiger partial charge in [-0.2, -0.15) is 0 Å². The fraction of sp³-hybridized carbons (Fsp3) is 0. The van der Waals surface area contributed by atoms with Crippen molar-refractivity contribution in [2.75, 3.05) is 11.1 Å². The summed E-state index contributed by atoms with van der Waals surface area (Å²) in [5.74, 6) is -0.357. The SMILES string of the molecule is C=CC(=O)Nc1ccc(S(=O)(=O)c2ccc(N)cc2)cc1. The normalized spacial score (nSPS) is 10.9. The maximum absolute atomic E-state index is 12.4. The number of nitrogens with one attached hydrogen (secondary N) is 1. The van der Waals surface area contributed by atoms with Gasteiger partial charge in [-0.1, -0.05) is 6.58 Å². The number of hydrogen-bond donors (Lipinski definition) is 2. The Morgan fingerprint density at radius 2 is 1.48 bits per heavy atom. The first-order valence-corrected chi connectivity index (χ1v) is 7.56. The van der Waals surface area contributed by atoms with Gasteiger partial charge >= 0.3 is 0 Å². The molecule has 0 atom stereocenters. The van der Waals surface area contributed by atoms with Gasteiger partial charge in [0.15, 0.2) is 0 Å². The van der Waals surface area contributed by atoms with E-state index in [1.165, 1.54) is 48.5 Å². The molecule has 1 amide bonds. The Bertz CT molecular complexity index is 764. The monoisotopic (exact) mass is 302 g/mol. The highest BCUT2D eigenvalue weighted by atomic mass is 32.2. The van der Waals surface area contributed by atoms with E-state index in [4.69, 9.17) is 5.73 Å². The lowest BCUT2D eigenvalue weighted by Crippen LogP contribution is -2.07. The third kappa shape index (κ3) is 3.29. The molecule has 2 aromatic rings. The number of benzene rings is 2. The van der Waals surface area contributed by atoms with Crippen LogP contribution in [0.3, 0.4) is 0 Å². The van der Waals surface area contributed by atoms with Crippen molar-refractivity contribution in [3.63, 3.8) is 0 Å². The van der Waals surface area contributed by atoms with E-state index in [2.05, 4.69) is 11.9 Å². The van der Waals surface area contributed by atoms with Gasteiger partial charge in [-0.15, -0.1) is 0 Å². The summed E-state index contributed by atoms with van der Waals surface area (Å²) in [6.45, 7) is 3.34. The number of anilines is 2. The summed E-state index contributed by atoms with van der Waals surface area (Å²) in [5, 5.41) is 2.55. The average molecular weight is 302 g/mol. The van der Waals surface area contributed by atoms with Crippen LogP contribution in [0, 0.1) is 0 Å². The summed E-state index contributed by atoms with van der Waals surface area (Å²) in [6, 6.07) is 11.9. The zero-order chi connectivity index (χ0) is 15.5. The largest absolute Gasteiger partial charge is 0.399 e. The summed E-state index contributed by atoms with van der Waals surface area (Å²) in [4.78, 5) is 11.5. The van der Waals surface area contributed by atoms with E-state index >= 15 is 0 Å². The van der Waals surface area contributed by atoms with Crippen molar-refractivity contribution < 1.29 is 13.2 Å². The maximum Gasteiger partial charge on any atom is 0.247 e. The molecule has 0 saturated heterocycles. The van der Waals surface area contributed by atoms with Crippen molar-refractivity contribution in [3.8, 4) is 0 Å². The quantitative estimate of drug-likeness (QED) is 0.669. The minimum absolute atomic E-state index is 0.142. The van der Waals surface area contributed by atoms with E-state index in [1.54, 1.807) is 0 Å². The molecule has 0 fully saturated rings. The lowest BCUT2D eigenvalue weighted by atomic mass is 10.3. The van der Waals surface area contributed by atoms with Crippen LogP contribution in [-0.2, 0) is 14.6 Å². The molecule has 0 aliphatic carbocycles. The fourth-order valence-electron chi connectivity index (χ4n) is 1.69.